The molecule has 0 spiro atoms. The minimum absolute atomic E-state index is 0.713. The molecule has 1 aromatic carbocycles. The molecule has 1 saturated carbocycles. The molecule has 2 heteroatoms. The van der Waals surface area contributed by atoms with Crippen LogP contribution in [0.5, 0.6) is 0 Å². The lowest BCUT2D eigenvalue weighted by Crippen LogP contribution is -2.56. The van der Waals surface area contributed by atoms with E-state index in [-0.39, 0.29) is 0 Å². The van der Waals surface area contributed by atoms with E-state index >= 15 is 0 Å². The summed E-state index contributed by atoms with van der Waals surface area (Å²) in [6.45, 7) is 10.3. The van der Waals surface area contributed by atoms with Crippen molar-refractivity contribution >= 4 is 0 Å². The first-order chi connectivity index (χ1) is 10.2. The minimum Gasteiger partial charge on any atom is -0.311 e. The fourth-order valence-corrected chi connectivity index (χ4v) is 3.70. The molecule has 1 N–H and O–H groups in total. The Bertz CT molecular complexity index is 478. The van der Waals surface area contributed by atoms with Crippen LogP contribution >= 0.6 is 0 Å². The van der Waals surface area contributed by atoms with Gasteiger partial charge in [0.05, 0.1) is 0 Å². The highest BCUT2D eigenvalue weighted by atomic mass is 15.2. The van der Waals surface area contributed by atoms with Gasteiger partial charge >= 0.3 is 0 Å². The molecule has 2 atom stereocenters. The Kier molecular flexibility index (Phi) is 4.66. The second kappa shape index (κ2) is 6.50. The van der Waals surface area contributed by atoms with Crippen molar-refractivity contribution < 1.29 is 0 Å². The maximum absolute atomic E-state index is 3.82. The van der Waals surface area contributed by atoms with Gasteiger partial charge in [0.15, 0.2) is 0 Å². The average Bonchev–Trinajstić information content (AvgIpc) is 3.29. The first kappa shape index (κ1) is 15.1. The van der Waals surface area contributed by atoms with E-state index in [1.165, 1.54) is 55.5 Å². The smallest absolute Gasteiger partial charge is 0.0240 e. The van der Waals surface area contributed by atoms with E-state index in [1.807, 2.05) is 0 Å². The van der Waals surface area contributed by atoms with E-state index in [4.69, 9.17) is 0 Å². The fraction of sp³-hybridized carbons (Fsp3) is 0.684. The number of rotatable bonds is 5. The van der Waals surface area contributed by atoms with Gasteiger partial charge in [-0.15, -0.1) is 0 Å². The molecule has 21 heavy (non-hydrogen) atoms. The summed E-state index contributed by atoms with van der Waals surface area (Å²) in [6.07, 6.45) is 5.47. The largest absolute Gasteiger partial charge is 0.311 e. The molecule has 2 fully saturated rings. The predicted molar refractivity (Wildman–Crippen MR) is 89.5 cm³/mol. The van der Waals surface area contributed by atoms with Gasteiger partial charge in [-0.25, -0.2) is 0 Å². The molecule has 116 valence electrons. The van der Waals surface area contributed by atoms with Crippen molar-refractivity contribution in [2.45, 2.75) is 65.1 Å². The molecule has 2 aliphatic rings. The highest BCUT2D eigenvalue weighted by Crippen LogP contribution is 2.35. The lowest BCUT2D eigenvalue weighted by atomic mass is 9.99. The van der Waals surface area contributed by atoms with Crippen LogP contribution in [-0.4, -0.2) is 30.1 Å². The molecular weight excluding hydrogens is 256 g/mol. The molecular formula is C19H30N2. The Balaban J connectivity index is 1.73. The van der Waals surface area contributed by atoms with Crippen LogP contribution < -0.4 is 5.32 Å². The molecule has 0 radical (unpaired) electrons. The summed E-state index contributed by atoms with van der Waals surface area (Å²) in [7, 11) is 0. The van der Waals surface area contributed by atoms with Gasteiger partial charge in [0.1, 0.15) is 0 Å². The number of nitrogens with one attached hydrogen (secondary N) is 1. The van der Waals surface area contributed by atoms with Crippen molar-refractivity contribution in [2.75, 3.05) is 13.1 Å². The zero-order chi connectivity index (χ0) is 14.8. The minimum atomic E-state index is 0.713. The van der Waals surface area contributed by atoms with E-state index in [0.717, 1.165) is 18.5 Å². The molecule has 0 aromatic heterocycles. The van der Waals surface area contributed by atoms with Crippen LogP contribution in [0.1, 0.15) is 49.3 Å². The van der Waals surface area contributed by atoms with Crippen LogP contribution in [0.2, 0.25) is 0 Å². The van der Waals surface area contributed by atoms with Gasteiger partial charge in [-0.2, -0.15) is 0 Å². The standard InChI is InChI=1S/C19H30N2/c1-4-5-18-11-20-19(16-8-9-16)13-21(18)12-17-10-14(2)6-7-15(17)3/h6-7,10,16,18-20H,4-5,8-9,11-13H2,1-3H3. The lowest BCUT2D eigenvalue weighted by Gasteiger charge is -2.41. The van der Waals surface area contributed by atoms with Gasteiger partial charge in [-0.05, 0) is 50.2 Å². The van der Waals surface area contributed by atoms with Crippen LogP contribution in [0.15, 0.2) is 18.2 Å². The second-order valence-electron chi connectivity index (χ2n) is 7.15. The molecule has 2 unspecified atom stereocenters. The van der Waals surface area contributed by atoms with Crippen molar-refractivity contribution in [3.63, 3.8) is 0 Å². The highest BCUT2D eigenvalue weighted by Gasteiger charge is 2.36. The van der Waals surface area contributed by atoms with Crippen molar-refractivity contribution in [1.82, 2.24) is 10.2 Å². The monoisotopic (exact) mass is 286 g/mol. The molecule has 1 heterocycles. The third kappa shape index (κ3) is 3.67. The number of aryl methyl sites for hydroxylation is 2. The molecule has 1 saturated heterocycles. The maximum Gasteiger partial charge on any atom is 0.0240 e. The van der Waals surface area contributed by atoms with Gasteiger partial charge in [0.2, 0.25) is 0 Å². The normalized spacial score (nSPS) is 27.0. The summed E-state index contributed by atoms with van der Waals surface area (Å²) in [4.78, 5) is 2.75. The topological polar surface area (TPSA) is 15.3 Å². The number of hydrogen-bond acceptors (Lipinski definition) is 2. The second-order valence-corrected chi connectivity index (χ2v) is 7.15. The van der Waals surface area contributed by atoms with Gasteiger partial charge < -0.3 is 5.32 Å². The average molecular weight is 286 g/mol. The third-order valence-corrected chi connectivity index (χ3v) is 5.25. The number of piperazine rings is 1. The number of hydrogen-bond donors (Lipinski definition) is 1. The van der Waals surface area contributed by atoms with E-state index < -0.39 is 0 Å². The Labute approximate surface area is 129 Å². The van der Waals surface area contributed by atoms with E-state index in [0.29, 0.717) is 6.04 Å². The SMILES string of the molecule is CCCC1CNC(C2CC2)CN1Cc1cc(C)ccc1C. The highest BCUT2D eigenvalue weighted by molar-refractivity contribution is 5.30. The van der Waals surface area contributed by atoms with Crippen LogP contribution in [0.3, 0.4) is 0 Å². The number of nitrogens with zero attached hydrogens (tertiary/aromatic N) is 1. The molecule has 1 aliphatic heterocycles. The quantitative estimate of drug-likeness (QED) is 0.888. The zero-order valence-electron chi connectivity index (χ0n) is 13.9. The van der Waals surface area contributed by atoms with Crippen LogP contribution in [-0.2, 0) is 6.54 Å². The summed E-state index contributed by atoms with van der Waals surface area (Å²) < 4.78 is 0. The molecule has 1 aliphatic carbocycles. The first-order valence-electron chi connectivity index (χ1n) is 8.71. The summed E-state index contributed by atoms with van der Waals surface area (Å²) in [5, 5.41) is 3.82. The van der Waals surface area contributed by atoms with E-state index in [1.54, 1.807) is 0 Å². The predicted octanol–water partition coefficient (Wildman–Crippen LogP) is 3.66. The van der Waals surface area contributed by atoms with Crippen LogP contribution in [0.4, 0.5) is 0 Å². The molecule has 1 aromatic rings. The van der Waals surface area contributed by atoms with Crippen LogP contribution in [0, 0.1) is 19.8 Å². The molecule has 3 rings (SSSR count). The van der Waals surface area contributed by atoms with Crippen molar-refractivity contribution in [2.24, 2.45) is 5.92 Å². The van der Waals surface area contributed by atoms with Crippen LogP contribution in [0.25, 0.3) is 0 Å². The fourth-order valence-electron chi connectivity index (χ4n) is 3.70. The lowest BCUT2D eigenvalue weighted by molar-refractivity contribution is 0.108. The Morgan fingerprint density at radius 1 is 1.24 bits per heavy atom. The Hall–Kier alpha value is -0.860. The van der Waals surface area contributed by atoms with Gasteiger partial charge in [0.25, 0.3) is 0 Å². The van der Waals surface area contributed by atoms with Gasteiger partial charge in [0, 0.05) is 31.7 Å². The Morgan fingerprint density at radius 3 is 2.76 bits per heavy atom. The molecule has 0 amide bonds. The van der Waals surface area contributed by atoms with Gasteiger partial charge in [-0.3, -0.25) is 4.90 Å². The molecule has 0 bridgehead atoms. The maximum atomic E-state index is 3.82. The van der Waals surface area contributed by atoms with Gasteiger partial charge in [-0.1, -0.05) is 37.1 Å². The summed E-state index contributed by atoms with van der Waals surface area (Å²) in [5.74, 6) is 0.952. The Morgan fingerprint density at radius 2 is 2.05 bits per heavy atom. The first-order valence-corrected chi connectivity index (χ1v) is 8.71. The van der Waals surface area contributed by atoms with Crippen molar-refractivity contribution in [3.05, 3.63) is 34.9 Å². The summed E-state index contributed by atoms with van der Waals surface area (Å²) in [6, 6.07) is 8.34. The van der Waals surface area contributed by atoms with Crippen molar-refractivity contribution in [1.29, 1.82) is 0 Å². The zero-order valence-corrected chi connectivity index (χ0v) is 13.9. The summed E-state index contributed by atoms with van der Waals surface area (Å²) >= 11 is 0. The number of benzene rings is 1. The van der Waals surface area contributed by atoms with E-state index in [2.05, 4.69) is 49.2 Å². The summed E-state index contributed by atoms with van der Waals surface area (Å²) in [5.41, 5.74) is 4.35. The van der Waals surface area contributed by atoms with E-state index in [9.17, 15) is 0 Å². The molecule has 2 nitrogen and oxygen atoms in total. The third-order valence-electron chi connectivity index (χ3n) is 5.25. The van der Waals surface area contributed by atoms with Crippen molar-refractivity contribution in [3.8, 4) is 0 Å².